The summed E-state index contributed by atoms with van der Waals surface area (Å²) in [5, 5.41) is 6.54. The average molecular weight is 393 g/mol. The summed E-state index contributed by atoms with van der Waals surface area (Å²) in [4.78, 5) is 39.7. The molecule has 3 heterocycles. The van der Waals surface area contributed by atoms with E-state index in [1.165, 1.54) is 11.3 Å². The van der Waals surface area contributed by atoms with E-state index in [0.717, 1.165) is 4.88 Å². The number of amides is 2. The molecule has 0 aliphatic carbocycles. The van der Waals surface area contributed by atoms with Gasteiger partial charge in [-0.1, -0.05) is 12.1 Å². The van der Waals surface area contributed by atoms with Crippen molar-refractivity contribution < 1.29 is 19.1 Å². The maximum Gasteiger partial charge on any atom is 0.309 e. The van der Waals surface area contributed by atoms with Crippen LogP contribution in [0.5, 0.6) is 0 Å². The fourth-order valence-corrected chi connectivity index (χ4v) is 4.11. The first kappa shape index (κ1) is 18.6. The van der Waals surface area contributed by atoms with E-state index in [1.807, 2.05) is 35.0 Å². The Labute approximate surface area is 159 Å². The van der Waals surface area contributed by atoms with E-state index in [4.69, 9.17) is 4.74 Å². The largest absolute Gasteiger partial charge is 0.455 e. The number of nitrogens with one attached hydrogen (secondary N) is 1. The molecule has 0 saturated carbocycles. The van der Waals surface area contributed by atoms with Gasteiger partial charge in [0.1, 0.15) is 0 Å². The Hall–Kier alpha value is -2.19. The van der Waals surface area contributed by atoms with Crippen molar-refractivity contribution in [3.8, 4) is 0 Å². The number of ether oxygens (including phenoxy) is 1. The smallest absolute Gasteiger partial charge is 0.309 e. The zero-order valence-electron chi connectivity index (χ0n) is 14.2. The number of thiophene rings is 2. The maximum absolute atomic E-state index is 12.3. The average Bonchev–Trinajstić information content (AvgIpc) is 3.37. The summed E-state index contributed by atoms with van der Waals surface area (Å²) in [7, 11) is 0. The highest BCUT2D eigenvalue weighted by Crippen LogP contribution is 2.21. The highest BCUT2D eigenvalue weighted by atomic mass is 32.1. The SMILES string of the molecule is O=C(COC(=O)C1CCN(C(=O)c2cccs2)CC1)NCc1cccs1. The first-order chi connectivity index (χ1) is 12.6. The molecule has 1 aliphatic rings. The van der Waals surface area contributed by atoms with Gasteiger partial charge in [0.2, 0.25) is 0 Å². The van der Waals surface area contributed by atoms with Gasteiger partial charge in [-0.05, 0) is 35.7 Å². The van der Waals surface area contributed by atoms with Crippen LogP contribution < -0.4 is 5.32 Å². The van der Waals surface area contributed by atoms with Gasteiger partial charge in [-0.2, -0.15) is 0 Å². The van der Waals surface area contributed by atoms with Crippen LogP contribution in [0.3, 0.4) is 0 Å². The molecular formula is C18H20N2O4S2. The minimum Gasteiger partial charge on any atom is -0.455 e. The summed E-state index contributed by atoms with van der Waals surface area (Å²) in [5.41, 5.74) is 0. The molecule has 1 N–H and O–H groups in total. The summed E-state index contributed by atoms with van der Waals surface area (Å²) >= 11 is 2.98. The first-order valence-corrected chi connectivity index (χ1v) is 10.2. The van der Waals surface area contributed by atoms with Gasteiger partial charge < -0.3 is 15.0 Å². The highest BCUT2D eigenvalue weighted by Gasteiger charge is 2.29. The molecule has 0 atom stereocenters. The monoisotopic (exact) mass is 392 g/mol. The molecule has 0 aromatic carbocycles. The summed E-state index contributed by atoms with van der Waals surface area (Å²) in [6.45, 7) is 1.23. The molecule has 6 nitrogen and oxygen atoms in total. The second-order valence-corrected chi connectivity index (χ2v) is 7.99. The normalized spacial score (nSPS) is 14.8. The van der Waals surface area contributed by atoms with E-state index >= 15 is 0 Å². The standard InChI is InChI=1S/C18H20N2O4S2/c21-16(19-11-14-3-1-9-25-14)12-24-18(23)13-5-7-20(8-6-13)17(22)15-4-2-10-26-15/h1-4,9-10,13H,5-8,11-12H2,(H,19,21). The predicted molar refractivity (Wildman–Crippen MR) is 100 cm³/mol. The molecule has 2 aromatic rings. The topological polar surface area (TPSA) is 75.7 Å². The molecule has 0 radical (unpaired) electrons. The zero-order valence-corrected chi connectivity index (χ0v) is 15.8. The fraction of sp³-hybridized carbons (Fsp3) is 0.389. The van der Waals surface area contributed by atoms with E-state index in [-0.39, 0.29) is 30.3 Å². The minimum absolute atomic E-state index is 0.0137. The van der Waals surface area contributed by atoms with E-state index < -0.39 is 0 Å². The second kappa shape index (κ2) is 8.95. The molecule has 0 unspecified atom stereocenters. The number of carbonyl (C=O) groups is 3. The number of piperidine rings is 1. The quantitative estimate of drug-likeness (QED) is 0.767. The van der Waals surface area contributed by atoms with Gasteiger partial charge in [0.25, 0.3) is 11.8 Å². The summed E-state index contributed by atoms with van der Waals surface area (Å²) in [6.07, 6.45) is 1.12. The summed E-state index contributed by atoms with van der Waals surface area (Å²) in [6, 6.07) is 7.51. The van der Waals surface area contributed by atoms with Crippen LogP contribution in [0.2, 0.25) is 0 Å². The molecule has 2 amide bonds. The van der Waals surface area contributed by atoms with E-state index in [9.17, 15) is 14.4 Å². The lowest BCUT2D eigenvalue weighted by Crippen LogP contribution is -2.40. The van der Waals surface area contributed by atoms with E-state index in [2.05, 4.69) is 5.32 Å². The molecule has 8 heteroatoms. The van der Waals surface area contributed by atoms with Crippen LogP contribution in [0.15, 0.2) is 35.0 Å². The Balaban J connectivity index is 1.37. The van der Waals surface area contributed by atoms with Crippen molar-refractivity contribution in [3.05, 3.63) is 44.8 Å². The first-order valence-electron chi connectivity index (χ1n) is 8.42. The van der Waals surface area contributed by atoms with Gasteiger partial charge in [-0.25, -0.2) is 0 Å². The number of carbonyl (C=O) groups excluding carboxylic acids is 3. The number of esters is 1. The Bertz CT molecular complexity index is 735. The van der Waals surface area contributed by atoms with Crippen LogP contribution in [0.25, 0.3) is 0 Å². The van der Waals surface area contributed by atoms with Crippen molar-refractivity contribution >= 4 is 40.5 Å². The molecule has 138 valence electrons. The lowest BCUT2D eigenvalue weighted by molar-refractivity contribution is -0.153. The van der Waals surface area contributed by atoms with E-state index in [1.54, 1.807) is 16.2 Å². The van der Waals surface area contributed by atoms with Crippen LogP contribution in [-0.4, -0.2) is 42.4 Å². The van der Waals surface area contributed by atoms with Crippen LogP contribution in [0.4, 0.5) is 0 Å². The van der Waals surface area contributed by atoms with Crippen molar-refractivity contribution in [2.75, 3.05) is 19.7 Å². The number of likely N-dealkylation sites (tertiary alicyclic amines) is 1. The van der Waals surface area contributed by atoms with Crippen LogP contribution in [0, 0.1) is 5.92 Å². The van der Waals surface area contributed by atoms with Gasteiger partial charge in [0, 0.05) is 18.0 Å². The second-order valence-electron chi connectivity index (χ2n) is 6.01. The molecular weight excluding hydrogens is 372 g/mol. The molecule has 0 bridgehead atoms. The van der Waals surface area contributed by atoms with Crippen molar-refractivity contribution in [2.24, 2.45) is 5.92 Å². The lowest BCUT2D eigenvalue weighted by atomic mass is 9.97. The van der Waals surface area contributed by atoms with Gasteiger partial charge in [-0.15, -0.1) is 22.7 Å². The Morgan fingerprint density at radius 1 is 1.12 bits per heavy atom. The highest BCUT2D eigenvalue weighted by molar-refractivity contribution is 7.12. The molecule has 1 saturated heterocycles. The predicted octanol–water partition coefficient (Wildman–Crippen LogP) is 2.52. The molecule has 1 aliphatic heterocycles. The number of hydrogen-bond acceptors (Lipinski definition) is 6. The Kier molecular flexibility index (Phi) is 6.40. The number of rotatable bonds is 6. The molecule has 3 rings (SSSR count). The summed E-state index contributed by atoms with van der Waals surface area (Å²) < 4.78 is 5.13. The Morgan fingerprint density at radius 2 is 1.85 bits per heavy atom. The van der Waals surface area contributed by atoms with Crippen molar-refractivity contribution in [1.29, 1.82) is 0 Å². The minimum atomic E-state index is -0.362. The van der Waals surface area contributed by atoms with Gasteiger partial charge in [-0.3, -0.25) is 14.4 Å². The maximum atomic E-state index is 12.3. The van der Waals surface area contributed by atoms with E-state index in [0.29, 0.717) is 37.4 Å². The Morgan fingerprint density at radius 3 is 2.50 bits per heavy atom. The fourth-order valence-electron chi connectivity index (χ4n) is 2.78. The van der Waals surface area contributed by atoms with Crippen molar-refractivity contribution in [3.63, 3.8) is 0 Å². The van der Waals surface area contributed by atoms with Crippen molar-refractivity contribution in [2.45, 2.75) is 19.4 Å². The van der Waals surface area contributed by atoms with Gasteiger partial charge >= 0.3 is 5.97 Å². The van der Waals surface area contributed by atoms with Crippen molar-refractivity contribution in [1.82, 2.24) is 10.2 Å². The van der Waals surface area contributed by atoms with Gasteiger partial charge in [0.05, 0.1) is 17.3 Å². The molecule has 0 spiro atoms. The number of hydrogen-bond donors (Lipinski definition) is 1. The third kappa shape index (κ3) is 4.92. The molecule has 26 heavy (non-hydrogen) atoms. The van der Waals surface area contributed by atoms with Crippen LogP contribution in [0.1, 0.15) is 27.4 Å². The molecule has 2 aromatic heterocycles. The van der Waals surface area contributed by atoms with Gasteiger partial charge in [0.15, 0.2) is 6.61 Å². The van der Waals surface area contributed by atoms with Crippen LogP contribution in [-0.2, 0) is 20.9 Å². The van der Waals surface area contributed by atoms with Crippen LogP contribution >= 0.6 is 22.7 Å². The zero-order chi connectivity index (χ0) is 18.4. The lowest BCUT2D eigenvalue weighted by Gasteiger charge is -2.30. The summed E-state index contributed by atoms with van der Waals surface area (Å²) in [5.74, 6) is -0.913. The third-order valence-electron chi connectivity index (χ3n) is 4.23. The third-order valence-corrected chi connectivity index (χ3v) is 5.97. The number of nitrogens with zero attached hydrogens (tertiary/aromatic N) is 1. The molecule has 1 fully saturated rings.